The quantitative estimate of drug-likeness (QED) is 0.619. The number of hydrogen-bond donors (Lipinski definition) is 1. The molecule has 2 rings (SSSR count). The number of rotatable bonds is 0. The number of fused-ring (bicyclic) bond motifs is 1. The Hall–Kier alpha value is -1.31. The summed E-state index contributed by atoms with van der Waals surface area (Å²) in [6.07, 6.45) is 1.94. The average molecular weight is 160 g/mol. The molecule has 1 heterocycles. The normalized spacial score (nSPS) is 18.2. The molecule has 0 saturated carbocycles. The van der Waals surface area contributed by atoms with E-state index < -0.39 is 0 Å². The van der Waals surface area contributed by atoms with Crippen molar-refractivity contribution >= 4 is 17.6 Å². The van der Waals surface area contributed by atoms with Crippen molar-refractivity contribution in [2.45, 2.75) is 19.4 Å². The van der Waals surface area contributed by atoms with Crippen molar-refractivity contribution < 1.29 is 0 Å². The first-order valence-electron chi connectivity index (χ1n) is 4.10. The number of aliphatic imine (C=N–C) groups is 1. The van der Waals surface area contributed by atoms with E-state index in [9.17, 15) is 0 Å². The lowest BCUT2D eigenvalue weighted by Gasteiger charge is -2.27. The van der Waals surface area contributed by atoms with E-state index in [1.54, 1.807) is 0 Å². The minimum Gasteiger partial charge on any atom is -0.373 e. The van der Waals surface area contributed by atoms with Gasteiger partial charge in [-0.15, -0.1) is 0 Å². The van der Waals surface area contributed by atoms with Crippen LogP contribution in [0.15, 0.2) is 29.3 Å². The van der Waals surface area contributed by atoms with Crippen molar-refractivity contribution in [1.29, 1.82) is 0 Å². The third-order valence-corrected chi connectivity index (χ3v) is 1.89. The number of hydrogen-bond acceptors (Lipinski definition) is 2. The van der Waals surface area contributed by atoms with Crippen molar-refractivity contribution in [3.63, 3.8) is 0 Å². The minimum absolute atomic E-state index is 0.0195. The van der Waals surface area contributed by atoms with Gasteiger partial charge in [-0.1, -0.05) is 12.1 Å². The zero-order chi connectivity index (χ0) is 8.60. The zero-order valence-corrected chi connectivity index (χ0v) is 7.33. The summed E-state index contributed by atoms with van der Waals surface area (Å²) in [4.78, 5) is 4.36. The van der Waals surface area contributed by atoms with Gasteiger partial charge >= 0.3 is 0 Å². The Labute approximate surface area is 72.3 Å². The summed E-state index contributed by atoms with van der Waals surface area (Å²) in [7, 11) is 0. The van der Waals surface area contributed by atoms with Crippen LogP contribution in [0.3, 0.4) is 0 Å². The van der Waals surface area contributed by atoms with Gasteiger partial charge in [0.2, 0.25) is 0 Å². The molecule has 0 unspecified atom stereocenters. The highest BCUT2D eigenvalue weighted by Gasteiger charge is 2.19. The van der Waals surface area contributed by atoms with Crippen LogP contribution in [0, 0.1) is 0 Å². The van der Waals surface area contributed by atoms with E-state index in [1.165, 1.54) is 0 Å². The number of nitrogens with one attached hydrogen (secondary N) is 1. The highest BCUT2D eigenvalue weighted by molar-refractivity contribution is 5.85. The largest absolute Gasteiger partial charge is 0.373 e. The lowest BCUT2D eigenvalue weighted by Crippen LogP contribution is -2.34. The van der Waals surface area contributed by atoms with E-state index in [1.807, 2.05) is 30.5 Å². The van der Waals surface area contributed by atoms with E-state index in [2.05, 4.69) is 24.2 Å². The second-order valence-electron chi connectivity index (χ2n) is 3.62. The molecule has 0 radical (unpaired) electrons. The molecule has 2 heteroatoms. The van der Waals surface area contributed by atoms with Crippen LogP contribution in [0.4, 0.5) is 11.4 Å². The molecule has 2 nitrogen and oxygen atoms in total. The predicted molar refractivity (Wildman–Crippen MR) is 52.3 cm³/mol. The maximum absolute atomic E-state index is 4.36. The van der Waals surface area contributed by atoms with Crippen LogP contribution in [0.1, 0.15) is 13.8 Å². The molecule has 0 amide bonds. The SMILES string of the molecule is CC1(C)C=Nc2ccccc2N1. The van der Waals surface area contributed by atoms with Gasteiger partial charge in [0.25, 0.3) is 0 Å². The fraction of sp³-hybridized carbons (Fsp3) is 0.300. The minimum atomic E-state index is -0.0195. The van der Waals surface area contributed by atoms with Crippen molar-refractivity contribution in [2.24, 2.45) is 4.99 Å². The van der Waals surface area contributed by atoms with Crippen molar-refractivity contribution in [3.8, 4) is 0 Å². The third-order valence-electron chi connectivity index (χ3n) is 1.89. The Morgan fingerprint density at radius 3 is 2.83 bits per heavy atom. The number of para-hydroxylation sites is 2. The van der Waals surface area contributed by atoms with Crippen LogP contribution in [-0.2, 0) is 0 Å². The fourth-order valence-corrected chi connectivity index (χ4v) is 1.30. The van der Waals surface area contributed by atoms with Gasteiger partial charge < -0.3 is 5.32 Å². The zero-order valence-electron chi connectivity index (χ0n) is 7.33. The molecular weight excluding hydrogens is 148 g/mol. The van der Waals surface area contributed by atoms with E-state index in [0.717, 1.165) is 11.4 Å². The summed E-state index contributed by atoms with van der Waals surface area (Å²) in [5, 5.41) is 3.39. The summed E-state index contributed by atoms with van der Waals surface area (Å²) in [6, 6.07) is 8.07. The third kappa shape index (κ3) is 1.20. The lowest BCUT2D eigenvalue weighted by molar-refractivity contribution is 0.769. The monoisotopic (exact) mass is 160 g/mol. The summed E-state index contributed by atoms with van der Waals surface area (Å²) < 4.78 is 0. The van der Waals surface area contributed by atoms with Gasteiger partial charge in [0.05, 0.1) is 16.9 Å². The van der Waals surface area contributed by atoms with Gasteiger partial charge in [-0.2, -0.15) is 0 Å². The van der Waals surface area contributed by atoms with E-state index in [4.69, 9.17) is 0 Å². The standard InChI is InChI=1S/C10H12N2/c1-10(2)7-11-8-5-3-4-6-9(8)12-10/h3-7,12H,1-2H3. The number of anilines is 1. The van der Waals surface area contributed by atoms with E-state index in [-0.39, 0.29) is 5.54 Å². The molecule has 0 bridgehead atoms. The van der Waals surface area contributed by atoms with Crippen LogP contribution in [0.25, 0.3) is 0 Å². The molecule has 0 spiro atoms. The van der Waals surface area contributed by atoms with Crippen molar-refractivity contribution in [1.82, 2.24) is 0 Å². The molecule has 0 fully saturated rings. The van der Waals surface area contributed by atoms with Gasteiger partial charge in [0.15, 0.2) is 0 Å². The summed E-state index contributed by atoms with van der Waals surface area (Å²) in [5.74, 6) is 0. The second kappa shape index (κ2) is 2.34. The molecule has 1 aromatic carbocycles. The Morgan fingerprint density at radius 2 is 2.00 bits per heavy atom. The number of nitrogens with zero attached hydrogens (tertiary/aromatic N) is 1. The van der Waals surface area contributed by atoms with Gasteiger partial charge in [0.1, 0.15) is 0 Å². The van der Waals surface area contributed by atoms with Gasteiger partial charge in [-0.05, 0) is 26.0 Å². The first-order chi connectivity index (χ1) is 5.67. The van der Waals surface area contributed by atoms with Gasteiger partial charge in [-0.3, -0.25) is 4.99 Å². The molecule has 0 atom stereocenters. The van der Waals surface area contributed by atoms with Crippen LogP contribution in [-0.4, -0.2) is 11.8 Å². The average Bonchev–Trinajstić information content (AvgIpc) is 2.02. The first kappa shape index (κ1) is 7.35. The maximum atomic E-state index is 4.36. The molecule has 1 aliphatic rings. The highest BCUT2D eigenvalue weighted by atomic mass is 15.0. The Balaban J connectivity index is 2.46. The molecular formula is C10H12N2. The smallest absolute Gasteiger partial charge is 0.0858 e. The molecule has 12 heavy (non-hydrogen) atoms. The second-order valence-corrected chi connectivity index (χ2v) is 3.62. The van der Waals surface area contributed by atoms with Crippen LogP contribution < -0.4 is 5.32 Å². The molecule has 0 aliphatic carbocycles. The fourth-order valence-electron chi connectivity index (χ4n) is 1.30. The van der Waals surface area contributed by atoms with E-state index >= 15 is 0 Å². The van der Waals surface area contributed by atoms with Gasteiger partial charge in [-0.25, -0.2) is 0 Å². The Bertz CT molecular complexity index is 326. The topological polar surface area (TPSA) is 24.4 Å². The first-order valence-corrected chi connectivity index (χ1v) is 4.10. The summed E-state index contributed by atoms with van der Waals surface area (Å²) in [5.41, 5.74) is 2.12. The summed E-state index contributed by atoms with van der Waals surface area (Å²) >= 11 is 0. The summed E-state index contributed by atoms with van der Waals surface area (Å²) in [6.45, 7) is 4.21. The molecule has 0 saturated heterocycles. The number of benzene rings is 1. The van der Waals surface area contributed by atoms with Crippen molar-refractivity contribution in [2.75, 3.05) is 5.32 Å². The van der Waals surface area contributed by atoms with Crippen LogP contribution in [0.2, 0.25) is 0 Å². The van der Waals surface area contributed by atoms with Gasteiger partial charge in [0, 0.05) is 6.21 Å². The highest BCUT2D eigenvalue weighted by Crippen LogP contribution is 2.30. The Kier molecular flexibility index (Phi) is 1.43. The molecule has 0 aromatic heterocycles. The maximum Gasteiger partial charge on any atom is 0.0858 e. The Morgan fingerprint density at radius 1 is 1.25 bits per heavy atom. The molecule has 1 aromatic rings. The van der Waals surface area contributed by atoms with E-state index in [0.29, 0.717) is 0 Å². The lowest BCUT2D eigenvalue weighted by atomic mass is 10.0. The molecule has 62 valence electrons. The van der Waals surface area contributed by atoms with Crippen molar-refractivity contribution in [3.05, 3.63) is 24.3 Å². The molecule has 1 aliphatic heterocycles. The predicted octanol–water partition coefficient (Wildman–Crippen LogP) is 2.59. The van der Waals surface area contributed by atoms with Crippen LogP contribution in [0.5, 0.6) is 0 Å². The molecule has 1 N–H and O–H groups in total. The van der Waals surface area contributed by atoms with Crippen LogP contribution >= 0.6 is 0 Å².